The van der Waals surface area contributed by atoms with E-state index in [4.69, 9.17) is 0 Å². The summed E-state index contributed by atoms with van der Waals surface area (Å²) in [4.78, 5) is 11.2. The van der Waals surface area contributed by atoms with Crippen LogP contribution in [0.5, 0.6) is 0 Å². The Morgan fingerprint density at radius 1 is 1.32 bits per heavy atom. The van der Waals surface area contributed by atoms with Crippen LogP contribution in [0.1, 0.15) is 41.4 Å². The standard InChI is InChI=1S/C15H18N2O2/c1-3-4-5-11-6-8-12(9-7-11)14-13(15(18)19)10(2)16-17-14/h6-9H,3-5H2,1-2H3,(H,16,17)(H,18,19). The smallest absolute Gasteiger partial charge is 0.339 e. The molecule has 0 fully saturated rings. The Kier molecular flexibility index (Phi) is 4.00. The molecule has 4 nitrogen and oxygen atoms in total. The molecular weight excluding hydrogens is 240 g/mol. The normalized spacial score (nSPS) is 10.6. The first kappa shape index (κ1) is 13.3. The fourth-order valence-corrected chi connectivity index (χ4v) is 2.11. The lowest BCUT2D eigenvalue weighted by Gasteiger charge is -2.03. The highest BCUT2D eigenvalue weighted by atomic mass is 16.4. The second-order valence-electron chi connectivity index (χ2n) is 4.68. The van der Waals surface area contributed by atoms with Crippen LogP contribution in [0, 0.1) is 6.92 Å². The number of aryl methyl sites for hydroxylation is 2. The fourth-order valence-electron chi connectivity index (χ4n) is 2.11. The van der Waals surface area contributed by atoms with E-state index in [9.17, 15) is 9.90 Å². The van der Waals surface area contributed by atoms with Gasteiger partial charge in [0, 0.05) is 11.3 Å². The molecule has 0 aliphatic heterocycles. The Labute approximate surface area is 112 Å². The van der Waals surface area contributed by atoms with Crippen LogP contribution in [0.15, 0.2) is 24.3 Å². The molecule has 0 radical (unpaired) electrons. The summed E-state index contributed by atoms with van der Waals surface area (Å²) in [5.41, 5.74) is 3.45. The van der Waals surface area contributed by atoms with Gasteiger partial charge in [0.2, 0.25) is 0 Å². The zero-order valence-electron chi connectivity index (χ0n) is 11.2. The maximum absolute atomic E-state index is 11.2. The SMILES string of the molecule is CCCCc1ccc(-c2n[nH]c(C)c2C(=O)O)cc1. The minimum atomic E-state index is -0.948. The largest absolute Gasteiger partial charge is 0.478 e. The lowest BCUT2D eigenvalue weighted by atomic mass is 10.0. The lowest BCUT2D eigenvalue weighted by Crippen LogP contribution is -1.99. The molecule has 0 unspecified atom stereocenters. The van der Waals surface area contributed by atoms with Crippen molar-refractivity contribution in [1.29, 1.82) is 0 Å². The van der Waals surface area contributed by atoms with Crippen LogP contribution in [0.25, 0.3) is 11.3 Å². The Morgan fingerprint density at radius 3 is 2.58 bits per heavy atom. The topological polar surface area (TPSA) is 66.0 Å². The van der Waals surface area contributed by atoms with Crippen molar-refractivity contribution in [3.63, 3.8) is 0 Å². The number of aromatic amines is 1. The summed E-state index contributed by atoms with van der Waals surface area (Å²) in [5, 5.41) is 16.0. The van der Waals surface area contributed by atoms with Crippen molar-refractivity contribution in [2.45, 2.75) is 33.1 Å². The van der Waals surface area contributed by atoms with Crippen molar-refractivity contribution in [3.8, 4) is 11.3 Å². The number of nitrogens with zero attached hydrogens (tertiary/aromatic N) is 1. The summed E-state index contributed by atoms with van der Waals surface area (Å²) in [5.74, 6) is -0.948. The highest BCUT2D eigenvalue weighted by Gasteiger charge is 2.18. The van der Waals surface area contributed by atoms with Crippen molar-refractivity contribution in [3.05, 3.63) is 41.1 Å². The van der Waals surface area contributed by atoms with E-state index in [1.807, 2.05) is 24.3 Å². The van der Waals surface area contributed by atoms with Gasteiger partial charge in [0.15, 0.2) is 0 Å². The van der Waals surface area contributed by atoms with Gasteiger partial charge in [-0.15, -0.1) is 0 Å². The van der Waals surface area contributed by atoms with Gasteiger partial charge in [0.25, 0.3) is 0 Å². The molecule has 100 valence electrons. The quantitative estimate of drug-likeness (QED) is 0.863. The second-order valence-corrected chi connectivity index (χ2v) is 4.68. The summed E-state index contributed by atoms with van der Waals surface area (Å²) in [6.45, 7) is 3.88. The highest BCUT2D eigenvalue weighted by molar-refractivity contribution is 5.96. The molecule has 4 heteroatoms. The van der Waals surface area contributed by atoms with Gasteiger partial charge in [-0.05, 0) is 25.3 Å². The van der Waals surface area contributed by atoms with Gasteiger partial charge in [-0.3, -0.25) is 5.10 Å². The molecule has 0 saturated carbocycles. The third-order valence-electron chi connectivity index (χ3n) is 3.21. The number of hydrogen-bond acceptors (Lipinski definition) is 2. The Balaban J connectivity index is 2.30. The van der Waals surface area contributed by atoms with E-state index in [0.29, 0.717) is 11.4 Å². The Bertz CT molecular complexity index is 570. The van der Waals surface area contributed by atoms with Crippen LogP contribution in [-0.4, -0.2) is 21.3 Å². The fraction of sp³-hybridized carbons (Fsp3) is 0.333. The molecule has 0 atom stereocenters. The number of nitrogens with one attached hydrogen (secondary N) is 1. The molecule has 2 aromatic rings. The number of benzene rings is 1. The van der Waals surface area contributed by atoms with Crippen molar-refractivity contribution in [2.75, 3.05) is 0 Å². The summed E-state index contributed by atoms with van der Waals surface area (Å²) < 4.78 is 0. The van der Waals surface area contributed by atoms with Gasteiger partial charge in [-0.1, -0.05) is 37.6 Å². The number of H-pyrrole nitrogens is 1. The van der Waals surface area contributed by atoms with Gasteiger partial charge in [-0.2, -0.15) is 5.10 Å². The second kappa shape index (κ2) is 5.69. The average Bonchev–Trinajstić information content (AvgIpc) is 2.79. The van der Waals surface area contributed by atoms with Gasteiger partial charge < -0.3 is 5.11 Å². The minimum Gasteiger partial charge on any atom is -0.478 e. The average molecular weight is 258 g/mol. The summed E-state index contributed by atoms with van der Waals surface area (Å²) in [7, 11) is 0. The predicted molar refractivity (Wildman–Crippen MR) is 74.3 cm³/mol. The van der Waals surface area contributed by atoms with Crippen LogP contribution in [-0.2, 0) is 6.42 Å². The number of hydrogen-bond donors (Lipinski definition) is 2. The number of aromatic carboxylic acids is 1. The third-order valence-corrected chi connectivity index (χ3v) is 3.21. The van der Waals surface area contributed by atoms with Crippen molar-refractivity contribution in [1.82, 2.24) is 10.2 Å². The van der Waals surface area contributed by atoms with E-state index in [1.54, 1.807) is 6.92 Å². The Morgan fingerprint density at radius 2 is 2.00 bits per heavy atom. The molecule has 0 amide bonds. The van der Waals surface area contributed by atoms with Gasteiger partial charge in [0.05, 0.1) is 0 Å². The van der Waals surface area contributed by atoms with E-state index >= 15 is 0 Å². The van der Waals surface area contributed by atoms with Crippen molar-refractivity contribution < 1.29 is 9.90 Å². The third kappa shape index (κ3) is 2.84. The molecule has 1 aromatic heterocycles. The maximum atomic E-state index is 11.2. The predicted octanol–water partition coefficient (Wildman–Crippen LogP) is 3.43. The molecule has 2 N–H and O–H groups in total. The lowest BCUT2D eigenvalue weighted by molar-refractivity contribution is 0.0697. The van der Waals surface area contributed by atoms with E-state index in [-0.39, 0.29) is 5.56 Å². The number of carbonyl (C=O) groups is 1. The molecule has 0 aliphatic carbocycles. The minimum absolute atomic E-state index is 0.251. The highest BCUT2D eigenvalue weighted by Crippen LogP contribution is 2.24. The molecular formula is C15H18N2O2. The van der Waals surface area contributed by atoms with Gasteiger partial charge in [-0.25, -0.2) is 4.79 Å². The first-order chi connectivity index (χ1) is 9.13. The summed E-state index contributed by atoms with van der Waals surface area (Å²) >= 11 is 0. The first-order valence-corrected chi connectivity index (χ1v) is 6.51. The van der Waals surface area contributed by atoms with Crippen molar-refractivity contribution in [2.24, 2.45) is 0 Å². The Hall–Kier alpha value is -2.10. The van der Waals surface area contributed by atoms with Crippen LogP contribution in [0.4, 0.5) is 0 Å². The van der Waals surface area contributed by atoms with E-state index in [2.05, 4.69) is 17.1 Å². The van der Waals surface area contributed by atoms with E-state index in [1.165, 1.54) is 18.4 Å². The maximum Gasteiger partial charge on any atom is 0.339 e. The molecule has 2 rings (SSSR count). The van der Waals surface area contributed by atoms with Crippen LogP contribution in [0.3, 0.4) is 0 Å². The van der Waals surface area contributed by atoms with E-state index < -0.39 is 5.97 Å². The number of carboxylic acids is 1. The molecule has 1 heterocycles. The van der Waals surface area contributed by atoms with Crippen molar-refractivity contribution >= 4 is 5.97 Å². The number of rotatable bonds is 5. The molecule has 0 bridgehead atoms. The molecule has 0 saturated heterocycles. The molecule has 19 heavy (non-hydrogen) atoms. The summed E-state index contributed by atoms with van der Waals surface area (Å²) in [6, 6.07) is 7.96. The first-order valence-electron chi connectivity index (χ1n) is 6.51. The van der Waals surface area contributed by atoms with Crippen LogP contribution in [0.2, 0.25) is 0 Å². The number of carboxylic acid groups (broad SMARTS) is 1. The van der Waals surface area contributed by atoms with Gasteiger partial charge in [0.1, 0.15) is 11.3 Å². The zero-order valence-corrected chi connectivity index (χ0v) is 11.2. The number of aromatic nitrogens is 2. The number of unbranched alkanes of at least 4 members (excludes halogenated alkanes) is 1. The van der Waals surface area contributed by atoms with Gasteiger partial charge >= 0.3 is 5.97 Å². The molecule has 0 spiro atoms. The monoisotopic (exact) mass is 258 g/mol. The zero-order chi connectivity index (χ0) is 13.8. The van der Waals surface area contributed by atoms with Crippen LogP contribution >= 0.6 is 0 Å². The van der Waals surface area contributed by atoms with Crippen LogP contribution < -0.4 is 0 Å². The molecule has 1 aromatic carbocycles. The molecule has 0 aliphatic rings. The summed E-state index contributed by atoms with van der Waals surface area (Å²) in [6.07, 6.45) is 3.40. The van der Waals surface area contributed by atoms with E-state index in [0.717, 1.165) is 12.0 Å².